The Balaban J connectivity index is 2.86. The van der Waals surface area contributed by atoms with Crippen molar-refractivity contribution in [2.75, 3.05) is 18.4 Å². The molecule has 0 saturated heterocycles. The van der Waals surface area contributed by atoms with E-state index in [9.17, 15) is 0 Å². The standard InChI is InChI=1S/C4H7Cl3O/c5-1-2-8-4(7)3-6/h4H,1-3H2. The molecule has 0 aromatic rings. The fourth-order valence-corrected chi connectivity index (χ4v) is 0.484. The molecule has 0 aliphatic rings. The molecule has 1 unspecified atom stereocenters. The Morgan fingerprint density at radius 2 is 2.00 bits per heavy atom. The number of rotatable bonds is 4. The lowest BCUT2D eigenvalue weighted by atomic mass is 10.8. The zero-order valence-electron chi connectivity index (χ0n) is 4.24. The molecule has 0 fully saturated rings. The van der Waals surface area contributed by atoms with E-state index in [-0.39, 0.29) is 0 Å². The molecule has 0 aliphatic heterocycles. The average molecular weight is 177 g/mol. The molecule has 1 atom stereocenters. The molecular formula is C4H7Cl3O. The van der Waals surface area contributed by atoms with Crippen LogP contribution in [0.5, 0.6) is 0 Å². The van der Waals surface area contributed by atoms with E-state index in [4.69, 9.17) is 39.5 Å². The lowest BCUT2D eigenvalue weighted by molar-refractivity contribution is 0.136. The molecule has 0 N–H and O–H groups in total. The predicted molar refractivity (Wildman–Crippen MR) is 37.0 cm³/mol. The Morgan fingerprint density at radius 3 is 2.38 bits per heavy atom. The van der Waals surface area contributed by atoms with Crippen molar-refractivity contribution in [1.82, 2.24) is 0 Å². The van der Waals surface area contributed by atoms with Crippen LogP contribution in [0.4, 0.5) is 0 Å². The number of halogens is 3. The monoisotopic (exact) mass is 176 g/mol. The van der Waals surface area contributed by atoms with Crippen LogP contribution >= 0.6 is 34.8 Å². The maximum Gasteiger partial charge on any atom is 0.144 e. The van der Waals surface area contributed by atoms with Gasteiger partial charge in [-0.25, -0.2) is 0 Å². The van der Waals surface area contributed by atoms with Crippen LogP contribution in [-0.2, 0) is 4.74 Å². The summed E-state index contributed by atoms with van der Waals surface area (Å²) in [5.41, 5.74) is -0.393. The topological polar surface area (TPSA) is 9.23 Å². The Hall–Kier alpha value is 0.830. The van der Waals surface area contributed by atoms with Gasteiger partial charge in [0.05, 0.1) is 12.5 Å². The third-order valence-corrected chi connectivity index (χ3v) is 1.37. The van der Waals surface area contributed by atoms with Crippen molar-refractivity contribution in [3.63, 3.8) is 0 Å². The van der Waals surface area contributed by atoms with E-state index in [0.29, 0.717) is 18.4 Å². The van der Waals surface area contributed by atoms with E-state index in [1.807, 2.05) is 0 Å². The second-order valence-electron chi connectivity index (χ2n) is 1.12. The lowest BCUT2D eigenvalue weighted by Crippen LogP contribution is -2.07. The Bertz CT molecular complexity index is 50.5. The summed E-state index contributed by atoms with van der Waals surface area (Å²) in [4.78, 5) is 0. The Morgan fingerprint density at radius 1 is 1.38 bits per heavy atom. The molecule has 0 spiro atoms. The molecule has 0 heterocycles. The van der Waals surface area contributed by atoms with Gasteiger partial charge >= 0.3 is 0 Å². The summed E-state index contributed by atoms with van der Waals surface area (Å²) in [5.74, 6) is 0.762. The summed E-state index contributed by atoms with van der Waals surface area (Å²) in [7, 11) is 0. The molecule has 50 valence electrons. The number of hydrogen-bond acceptors (Lipinski definition) is 1. The van der Waals surface area contributed by atoms with E-state index >= 15 is 0 Å². The summed E-state index contributed by atoms with van der Waals surface area (Å²) < 4.78 is 4.84. The van der Waals surface area contributed by atoms with Crippen molar-refractivity contribution >= 4 is 34.8 Å². The fraction of sp³-hybridized carbons (Fsp3) is 1.00. The smallest absolute Gasteiger partial charge is 0.144 e. The molecule has 1 nitrogen and oxygen atoms in total. The third-order valence-electron chi connectivity index (χ3n) is 0.497. The Kier molecular flexibility index (Phi) is 6.58. The average Bonchev–Trinajstić information content (AvgIpc) is 1.83. The van der Waals surface area contributed by atoms with Gasteiger partial charge in [0.1, 0.15) is 5.56 Å². The van der Waals surface area contributed by atoms with E-state index in [1.54, 1.807) is 0 Å². The molecule has 0 radical (unpaired) electrons. The van der Waals surface area contributed by atoms with Gasteiger partial charge in [0, 0.05) is 5.88 Å². The van der Waals surface area contributed by atoms with Gasteiger partial charge in [-0.1, -0.05) is 11.6 Å². The normalized spacial score (nSPS) is 13.9. The van der Waals surface area contributed by atoms with Crippen LogP contribution in [0.3, 0.4) is 0 Å². The maximum atomic E-state index is 5.43. The van der Waals surface area contributed by atoms with E-state index in [0.717, 1.165) is 0 Å². The van der Waals surface area contributed by atoms with Gasteiger partial charge in [-0.3, -0.25) is 0 Å². The van der Waals surface area contributed by atoms with Crippen molar-refractivity contribution in [3.05, 3.63) is 0 Å². The molecule has 0 saturated carbocycles. The second-order valence-corrected chi connectivity index (χ2v) is 2.30. The second kappa shape index (κ2) is 5.96. The minimum atomic E-state index is -0.393. The maximum absolute atomic E-state index is 5.43. The van der Waals surface area contributed by atoms with E-state index in [2.05, 4.69) is 0 Å². The highest BCUT2D eigenvalue weighted by Gasteiger charge is 1.98. The molecule has 0 bridgehead atoms. The van der Waals surface area contributed by atoms with Gasteiger partial charge in [-0.05, 0) is 0 Å². The van der Waals surface area contributed by atoms with Crippen molar-refractivity contribution in [3.8, 4) is 0 Å². The quantitative estimate of drug-likeness (QED) is 0.597. The molecule has 4 heteroatoms. The summed E-state index contributed by atoms with van der Waals surface area (Å²) in [6, 6.07) is 0. The molecule has 8 heavy (non-hydrogen) atoms. The van der Waals surface area contributed by atoms with Crippen molar-refractivity contribution in [1.29, 1.82) is 0 Å². The molecule has 0 aromatic heterocycles. The molecule has 0 aromatic carbocycles. The largest absolute Gasteiger partial charge is 0.360 e. The highest BCUT2D eigenvalue weighted by atomic mass is 35.5. The first-order valence-corrected chi connectivity index (χ1v) is 3.69. The zero-order chi connectivity index (χ0) is 6.41. The van der Waals surface area contributed by atoms with Crippen LogP contribution in [0.1, 0.15) is 0 Å². The SMILES string of the molecule is ClCCOC(Cl)CCl. The van der Waals surface area contributed by atoms with Crippen LogP contribution in [-0.4, -0.2) is 23.9 Å². The number of hydrogen-bond donors (Lipinski definition) is 0. The minimum Gasteiger partial charge on any atom is -0.360 e. The van der Waals surface area contributed by atoms with Crippen molar-refractivity contribution < 1.29 is 4.74 Å². The molecule has 0 rings (SSSR count). The fourth-order valence-electron chi connectivity index (χ4n) is 0.217. The highest BCUT2D eigenvalue weighted by Crippen LogP contribution is 1.99. The third kappa shape index (κ3) is 4.98. The van der Waals surface area contributed by atoms with Crippen LogP contribution in [0.25, 0.3) is 0 Å². The van der Waals surface area contributed by atoms with Gasteiger partial charge in [0.15, 0.2) is 0 Å². The lowest BCUT2D eigenvalue weighted by Gasteiger charge is -2.03. The predicted octanol–water partition coefficient (Wildman–Crippen LogP) is 2.05. The molecule has 0 aliphatic carbocycles. The molecule has 0 amide bonds. The van der Waals surface area contributed by atoms with E-state index < -0.39 is 5.56 Å². The first-order chi connectivity index (χ1) is 3.81. The highest BCUT2D eigenvalue weighted by molar-refractivity contribution is 6.27. The number of alkyl halides is 3. The summed E-state index contributed by atoms with van der Waals surface area (Å²) in [6.07, 6.45) is 0. The van der Waals surface area contributed by atoms with Gasteiger partial charge in [-0.2, -0.15) is 0 Å². The van der Waals surface area contributed by atoms with Crippen LogP contribution < -0.4 is 0 Å². The zero-order valence-corrected chi connectivity index (χ0v) is 6.51. The first kappa shape index (κ1) is 8.83. The number of ether oxygens (including phenoxy) is 1. The summed E-state index contributed by atoms with van der Waals surface area (Å²) in [6.45, 7) is 0.461. The van der Waals surface area contributed by atoms with Gasteiger partial charge in [-0.15, -0.1) is 23.2 Å². The summed E-state index contributed by atoms with van der Waals surface area (Å²) >= 11 is 16.0. The van der Waals surface area contributed by atoms with Crippen molar-refractivity contribution in [2.24, 2.45) is 0 Å². The molecular weight excluding hydrogens is 170 g/mol. The Labute approximate surface area is 63.9 Å². The van der Waals surface area contributed by atoms with Gasteiger partial charge < -0.3 is 4.74 Å². The van der Waals surface area contributed by atoms with Crippen LogP contribution in [0.15, 0.2) is 0 Å². The van der Waals surface area contributed by atoms with Gasteiger partial charge in [0.25, 0.3) is 0 Å². The minimum absolute atomic E-state index is 0.304. The summed E-state index contributed by atoms with van der Waals surface area (Å²) in [5, 5.41) is 0. The van der Waals surface area contributed by atoms with Crippen LogP contribution in [0, 0.1) is 0 Å². The van der Waals surface area contributed by atoms with Gasteiger partial charge in [0.2, 0.25) is 0 Å². The van der Waals surface area contributed by atoms with E-state index in [1.165, 1.54) is 0 Å². The van der Waals surface area contributed by atoms with Crippen LogP contribution in [0.2, 0.25) is 0 Å². The van der Waals surface area contributed by atoms with Crippen molar-refractivity contribution in [2.45, 2.75) is 5.56 Å². The first-order valence-electron chi connectivity index (χ1n) is 2.19.